The molecule has 5 nitrogen and oxygen atoms in total. The molecule has 0 fully saturated rings. The maximum atomic E-state index is 11.0. The largest absolute Gasteiger partial charge is 0.367 e. The maximum absolute atomic E-state index is 11.0. The third kappa shape index (κ3) is 3.37. The van der Waals surface area contributed by atoms with E-state index in [1.165, 1.54) is 12.1 Å². The van der Waals surface area contributed by atoms with Crippen LogP contribution >= 0.6 is 0 Å². The number of hydrogen-bond donors (Lipinski definition) is 0. The summed E-state index contributed by atoms with van der Waals surface area (Å²) in [6.07, 6.45) is 0. The second-order valence-electron chi connectivity index (χ2n) is 4.57. The summed E-state index contributed by atoms with van der Waals surface area (Å²) in [7, 11) is 0. The van der Waals surface area contributed by atoms with Gasteiger partial charge in [-0.25, -0.2) is 0 Å². The minimum Gasteiger partial charge on any atom is -0.367 e. The Kier molecular flexibility index (Phi) is 4.52. The summed E-state index contributed by atoms with van der Waals surface area (Å²) in [5.41, 5.74) is 1.81. The van der Waals surface area contributed by atoms with Gasteiger partial charge >= 0.3 is 0 Å². The van der Waals surface area contributed by atoms with Gasteiger partial charge in [-0.1, -0.05) is 30.3 Å². The number of anilines is 1. The number of benzene rings is 2. The van der Waals surface area contributed by atoms with Crippen LogP contribution < -0.4 is 4.90 Å². The van der Waals surface area contributed by atoms with E-state index in [4.69, 9.17) is 5.26 Å². The fourth-order valence-electron chi connectivity index (χ4n) is 2.15. The summed E-state index contributed by atoms with van der Waals surface area (Å²) in [4.78, 5) is 12.6. The average Bonchev–Trinajstić information content (AvgIpc) is 2.53. The highest BCUT2D eigenvalue weighted by molar-refractivity contribution is 5.60. The van der Waals surface area contributed by atoms with Crippen LogP contribution in [-0.4, -0.2) is 11.5 Å². The van der Waals surface area contributed by atoms with E-state index < -0.39 is 4.92 Å². The third-order valence-electron chi connectivity index (χ3n) is 3.26. The molecule has 0 heterocycles. The number of nitriles is 1. The zero-order valence-corrected chi connectivity index (χ0v) is 11.7. The fraction of sp³-hybridized carbons (Fsp3) is 0.188. The Morgan fingerprint density at radius 3 is 2.52 bits per heavy atom. The molecule has 2 rings (SSSR count). The van der Waals surface area contributed by atoms with Gasteiger partial charge in [-0.2, -0.15) is 5.26 Å². The Balaban J connectivity index is 2.33. The summed E-state index contributed by atoms with van der Waals surface area (Å²) >= 11 is 0. The minimum atomic E-state index is -0.515. The van der Waals surface area contributed by atoms with E-state index >= 15 is 0 Å². The van der Waals surface area contributed by atoms with Crippen LogP contribution in [0.15, 0.2) is 48.5 Å². The normalized spacial score (nSPS) is 9.90. The lowest BCUT2D eigenvalue weighted by Crippen LogP contribution is -2.22. The second-order valence-corrected chi connectivity index (χ2v) is 4.57. The van der Waals surface area contributed by atoms with Gasteiger partial charge in [-0.05, 0) is 24.6 Å². The summed E-state index contributed by atoms with van der Waals surface area (Å²) in [6, 6.07) is 16.5. The molecule has 0 amide bonds. The monoisotopic (exact) mass is 281 g/mol. The van der Waals surface area contributed by atoms with Gasteiger partial charge < -0.3 is 4.90 Å². The SMILES string of the molecule is CCN(Cc1ccccc1)c1ccc(C#N)c([N+](=O)[O-])c1. The van der Waals surface area contributed by atoms with Crippen molar-refractivity contribution in [2.45, 2.75) is 13.5 Å². The molecule has 0 spiro atoms. The quantitative estimate of drug-likeness (QED) is 0.621. The van der Waals surface area contributed by atoms with Crippen LogP contribution in [0.2, 0.25) is 0 Å². The van der Waals surface area contributed by atoms with Gasteiger partial charge in [0.25, 0.3) is 5.69 Å². The van der Waals surface area contributed by atoms with Crippen LogP contribution in [-0.2, 0) is 6.54 Å². The molecule has 5 heteroatoms. The van der Waals surface area contributed by atoms with Crippen molar-refractivity contribution in [2.24, 2.45) is 0 Å². The van der Waals surface area contributed by atoms with Gasteiger partial charge in [0, 0.05) is 24.8 Å². The first-order valence-corrected chi connectivity index (χ1v) is 6.63. The van der Waals surface area contributed by atoms with Crippen LogP contribution in [0.25, 0.3) is 0 Å². The second kappa shape index (κ2) is 6.53. The van der Waals surface area contributed by atoms with E-state index in [2.05, 4.69) is 0 Å². The van der Waals surface area contributed by atoms with Crippen LogP contribution in [0, 0.1) is 21.4 Å². The summed E-state index contributed by atoms with van der Waals surface area (Å²) in [5.74, 6) is 0. The topological polar surface area (TPSA) is 70.2 Å². The summed E-state index contributed by atoms with van der Waals surface area (Å²) in [6.45, 7) is 3.38. The summed E-state index contributed by atoms with van der Waals surface area (Å²) < 4.78 is 0. The molecule has 0 aromatic heterocycles. The molecular formula is C16H15N3O2. The van der Waals surface area contributed by atoms with Crippen LogP contribution in [0.4, 0.5) is 11.4 Å². The minimum absolute atomic E-state index is 0.0829. The van der Waals surface area contributed by atoms with E-state index in [0.717, 1.165) is 17.8 Å². The Morgan fingerprint density at radius 2 is 1.95 bits per heavy atom. The number of nitro groups is 1. The number of hydrogen-bond acceptors (Lipinski definition) is 4. The smallest absolute Gasteiger partial charge is 0.289 e. The van der Waals surface area contributed by atoms with Gasteiger partial charge in [-0.3, -0.25) is 10.1 Å². The highest BCUT2D eigenvalue weighted by Crippen LogP contribution is 2.26. The summed E-state index contributed by atoms with van der Waals surface area (Å²) in [5, 5.41) is 20.0. The molecule has 0 atom stereocenters. The van der Waals surface area contributed by atoms with E-state index in [-0.39, 0.29) is 11.3 Å². The third-order valence-corrected chi connectivity index (χ3v) is 3.26. The van der Waals surface area contributed by atoms with Gasteiger partial charge in [0.15, 0.2) is 0 Å². The van der Waals surface area contributed by atoms with Crippen molar-refractivity contribution in [3.8, 4) is 6.07 Å². The zero-order valence-electron chi connectivity index (χ0n) is 11.7. The van der Waals surface area contributed by atoms with Gasteiger partial charge in [0.1, 0.15) is 11.6 Å². The number of nitrogens with zero attached hydrogens (tertiary/aromatic N) is 3. The van der Waals surface area contributed by atoms with Crippen LogP contribution in [0.1, 0.15) is 18.1 Å². The van der Waals surface area contributed by atoms with E-state index in [1.54, 1.807) is 6.07 Å². The number of nitro benzene ring substituents is 1. The van der Waals surface area contributed by atoms with E-state index in [1.807, 2.05) is 48.2 Å². The molecule has 106 valence electrons. The van der Waals surface area contributed by atoms with Gasteiger partial charge in [0.05, 0.1) is 4.92 Å². The van der Waals surface area contributed by atoms with Crippen molar-refractivity contribution in [2.75, 3.05) is 11.4 Å². The molecule has 2 aromatic carbocycles. The molecule has 2 aromatic rings. The fourth-order valence-corrected chi connectivity index (χ4v) is 2.15. The lowest BCUT2D eigenvalue weighted by atomic mass is 10.1. The van der Waals surface area contributed by atoms with E-state index in [9.17, 15) is 10.1 Å². The van der Waals surface area contributed by atoms with Crippen molar-refractivity contribution in [1.29, 1.82) is 5.26 Å². The molecule has 0 aliphatic carbocycles. The Morgan fingerprint density at radius 1 is 1.24 bits per heavy atom. The van der Waals surface area contributed by atoms with Gasteiger partial charge in [0.2, 0.25) is 0 Å². The van der Waals surface area contributed by atoms with Crippen molar-refractivity contribution in [1.82, 2.24) is 0 Å². The standard InChI is InChI=1S/C16H15N3O2/c1-2-18(12-13-6-4-3-5-7-13)15-9-8-14(11-17)16(10-15)19(20)21/h3-10H,2,12H2,1H3. The molecule has 21 heavy (non-hydrogen) atoms. The molecule has 0 saturated carbocycles. The first-order valence-electron chi connectivity index (χ1n) is 6.63. The molecule has 0 N–H and O–H groups in total. The maximum Gasteiger partial charge on any atom is 0.289 e. The average molecular weight is 281 g/mol. The Bertz CT molecular complexity index is 678. The van der Waals surface area contributed by atoms with Gasteiger partial charge in [-0.15, -0.1) is 0 Å². The van der Waals surface area contributed by atoms with Crippen LogP contribution in [0.3, 0.4) is 0 Å². The predicted molar refractivity (Wildman–Crippen MR) is 81.0 cm³/mol. The van der Waals surface area contributed by atoms with Crippen molar-refractivity contribution < 1.29 is 4.92 Å². The molecule has 0 unspecified atom stereocenters. The predicted octanol–water partition coefficient (Wildman–Crippen LogP) is 3.49. The highest BCUT2D eigenvalue weighted by atomic mass is 16.6. The molecule has 0 radical (unpaired) electrons. The molecule has 0 aliphatic rings. The first kappa shape index (κ1) is 14.5. The first-order chi connectivity index (χ1) is 10.2. The lowest BCUT2D eigenvalue weighted by Gasteiger charge is -2.23. The van der Waals surface area contributed by atoms with Crippen molar-refractivity contribution in [3.05, 3.63) is 69.8 Å². The Hall–Kier alpha value is -2.87. The molecule has 0 saturated heterocycles. The highest BCUT2D eigenvalue weighted by Gasteiger charge is 2.16. The number of rotatable bonds is 5. The van der Waals surface area contributed by atoms with E-state index in [0.29, 0.717) is 6.54 Å². The Labute approximate surface area is 123 Å². The zero-order chi connectivity index (χ0) is 15.2. The molecular weight excluding hydrogens is 266 g/mol. The lowest BCUT2D eigenvalue weighted by molar-refractivity contribution is -0.385. The molecule has 0 aliphatic heterocycles. The van der Waals surface area contributed by atoms with Crippen LogP contribution in [0.5, 0.6) is 0 Å². The molecule has 0 bridgehead atoms. The van der Waals surface area contributed by atoms with Crippen molar-refractivity contribution >= 4 is 11.4 Å². The van der Waals surface area contributed by atoms with Crippen molar-refractivity contribution in [3.63, 3.8) is 0 Å².